The van der Waals surface area contributed by atoms with E-state index in [0.29, 0.717) is 30.2 Å². The summed E-state index contributed by atoms with van der Waals surface area (Å²) in [5, 5.41) is 8.82. The Morgan fingerprint density at radius 2 is 2.00 bits per heavy atom. The maximum Gasteiger partial charge on any atom is 0.354 e. The average Bonchev–Trinajstić information content (AvgIpc) is 2.53. The molecule has 0 spiro atoms. The van der Waals surface area contributed by atoms with Crippen molar-refractivity contribution in [3.05, 3.63) is 53.9 Å². The third kappa shape index (κ3) is 2.43. The smallest absolute Gasteiger partial charge is 0.354 e. The Bertz CT molecular complexity index is 697. The summed E-state index contributed by atoms with van der Waals surface area (Å²) >= 11 is 0. The minimum atomic E-state index is -1.12. The number of amides is 1. The van der Waals surface area contributed by atoms with Gasteiger partial charge in [0, 0.05) is 6.20 Å². The summed E-state index contributed by atoms with van der Waals surface area (Å²) in [6.45, 7) is 0.861. The molecule has 21 heavy (non-hydrogen) atoms. The molecule has 1 amide bonds. The number of carbonyl (C=O) groups is 2. The lowest BCUT2D eigenvalue weighted by molar-refractivity contribution is 0.0690. The van der Waals surface area contributed by atoms with E-state index in [1.54, 1.807) is 11.0 Å². The lowest BCUT2D eigenvalue weighted by Crippen LogP contribution is -2.38. The third-order valence-electron chi connectivity index (χ3n) is 3.20. The average molecular weight is 284 g/mol. The van der Waals surface area contributed by atoms with Crippen LogP contribution in [0.25, 0.3) is 0 Å². The van der Waals surface area contributed by atoms with E-state index in [9.17, 15) is 9.59 Å². The van der Waals surface area contributed by atoms with Crippen LogP contribution in [0.2, 0.25) is 0 Å². The Morgan fingerprint density at radius 3 is 2.71 bits per heavy atom. The van der Waals surface area contributed by atoms with Crippen LogP contribution in [0.15, 0.2) is 42.6 Å². The van der Waals surface area contributed by atoms with Crippen LogP contribution in [-0.4, -0.2) is 35.1 Å². The van der Waals surface area contributed by atoms with Gasteiger partial charge in [0.15, 0.2) is 0 Å². The molecule has 3 rings (SSSR count). The van der Waals surface area contributed by atoms with E-state index in [1.165, 1.54) is 18.3 Å². The zero-order valence-electron chi connectivity index (χ0n) is 11.0. The third-order valence-corrected chi connectivity index (χ3v) is 3.20. The molecule has 0 fully saturated rings. The van der Waals surface area contributed by atoms with Crippen LogP contribution in [0, 0.1) is 0 Å². The highest BCUT2D eigenvalue weighted by atomic mass is 16.5. The number of anilines is 1. The molecular weight excluding hydrogens is 272 g/mol. The van der Waals surface area contributed by atoms with Gasteiger partial charge in [-0.15, -0.1) is 0 Å². The molecule has 0 atom stereocenters. The second kappa shape index (κ2) is 5.24. The first-order chi connectivity index (χ1) is 10.2. The van der Waals surface area contributed by atoms with Crippen LogP contribution < -0.4 is 9.64 Å². The van der Waals surface area contributed by atoms with Crippen molar-refractivity contribution in [3.63, 3.8) is 0 Å². The first-order valence-electron chi connectivity index (χ1n) is 6.40. The maximum absolute atomic E-state index is 12.5. The van der Waals surface area contributed by atoms with Gasteiger partial charge in [-0.2, -0.15) is 0 Å². The maximum atomic E-state index is 12.5. The number of pyridine rings is 1. The molecular formula is C15H12N2O4. The molecule has 0 aliphatic carbocycles. The van der Waals surface area contributed by atoms with Crippen molar-refractivity contribution in [1.29, 1.82) is 0 Å². The monoisotopic (exact) mass is 284 g/mol. The molecule has 0 radical (unpaired) electrons. The van der Waals surface area contributed by atoms with Gasteiger partial charge in [0.2, 0.25) is 0 Å². The van der Waals surface area contributed by atoms with Crippen LogP contribution >= 0.6 is 0 Å². The SMILES string of the molecule is O=C(O)c1ccc(C(=O)N2CCOc3ccccc32)cn1. The molecule has 0 unspecified atom stereocenters. The first-order valence-corrected chi connectivity index (χ1v) is 6.40. The fourth-order valence-electron chi connectivity index (χ4n) is 2.18. The van der Waals surface area contributed by atoms with Gasteiger partial charge in [-0.25, -0.2) is 9.78 Å². The quantitative estimate of drug-likeness (QED) is 0.909. The molecule has 0 bridgehead atoms. The normalized spacial score (nSPS) is 13.2. The van der Waals surface area contributed by atoms with Gasteiger partial charge in [-0.05, 0) is 24.3 Å². The Labute approximate surface area is 120 Å². The number of fused-ring (bicyclic) bond motifs is 1. The van der Waals surface area contributed by atoms with E-state index in [-0.39, 0.29) is 11.6 Å². The Kier molecular flexibility index (Phi) is 3.27. The first kappa shape index (κ1) is 13.1. The number of nitrogens with zero attached hydrogens (tertiary/aromatic N) is 2. The van der Waals surface area contributed by atoms with E-state index < -0.39 is 5.97 Å². The Hall–Kier alpha value is -2.89. The molecule has 1 aliphatic heterocycles. The zero-order chi connectivity index (χ0) is 14.8. The number of carboxylic acids is 1. The van der Waals surface area contributed by atoms with Crippen molar-refractivity contribution in [3.8, 4) is 5.75 Å². The summed E-state index contributed by atoms with van der Waals surface area (Å²) in [5.41, 5.74) is 0.960. The predicted octanol–water partition coefficient (Wildman–Crippen LogP) is 1.82. The van der Waals surface area contributed by atoms with Crippen molar-refractivity contribution in [2.75, 3.05) is 18.1 Å². The highest BCUT2D eigenvalue weighted by Gasteiger charge is 2.24. The number of carbonyl (C=O) groups excluding carboxylic acids is 1. The number of carboxylic acid groups (broad SMARTS) is 1. The van der Waals surface area contributed by atoms with Crippen LogP contribution in [0.3, 0.4) is 0 Å². The number of hydrogen-bond acceptors (Lipinski definition) is 4. The van der Waals surface area contributed by atoms with Crippen LogP contribution in [0.1, 0.15) is 20.8 Å². The number of hydrogen-bond donors (Lipinski definition) is 1. The van der Waals surface area contributed by atoms with Crippen LogP contribution in [-0.2, 0) is 0 Å². The number of para-hydroxylation sites is 2. The number of benzene rings is 1. The highest BCUT2D eigenvalue weighted by molar-refractivity contribution is 6.07. The van der Waals surface area contributed by atoms with Gasteiger partial charge >= 0.3 is 5.97 Å². The standard InChI is InChI=1S/C15H12N2O4/c18-14(10-5-6-11(15(19)20)16-9-10)17-7-8-21-13-4-2-1-3-12(13)17/h1-6,9H,7-8H2,(H,19,20). The summed E-state index contributed by atoms with van der Waals surface area (Å²) in [6, 6.07) is 10.1. The second-order valence-corrected chi connectivity index (χ2v) is 4.51. The molecule has 106 valence electrons. The van der Waals surface area contributed by atoms with Crippen LogP contribution in [0.5, 0.6) is 5.75 Å². The molecule has 1 aliphatic rings. The molecule has 0 saturated carbocycles. The molecule has 6 nitrogen and oxygen atoms in total. The van der Waals surface area contributed by atoms with E-state index in [0.717, 1.165) is 0 Å². The van der Waals surface area contributed by atoms with Crippen molar-refractivity contribution < 1.29 is 19.4 Å². The Balaban J connectivity index is 1.91. The van der Waals surface area contributed by atoms with Gasteiger partial charge < -0.3 is 14.7 Å². The van der Waals surface area contributed by atoms with Gasteiger partial charge in [0.25, 0.3) is 5.91 Å². The summed E-state index contributed by atoms with van der Waals surface area (Å²) in [6.07, 6.45) is 1.28. The largest absolute Gasteiger partial charge is 0.490 e. The fourth-order valence-corrected chi connectivity index (χ4v) is 2.18. The molecule has 2 heterocycles. The van der Waals surface area contributed by atoms with Crippen molar-refractivity contribution in [1.82, 2.24) is 4.98 Å². The zero-order valence-corrected chi connectivity index (χ0v) is 11.0. The van der Waals surface area contributed by atoms with Crippen molar-refractivity contribution in [2.24, 2.45) is 0 Å². The van der Waals surface area contributed by atoms with E-state index in [2.05, 4.69) is 4.98 Å². The van der Waals surface area contributed by atoms with Crippen molar-refractivity contribution in [2.45, 2.75) is 0 Å². The second-order valence-electron chi connectivity index (χ2n) is 4.51. The Morgan fingerprint density at radius 1 is 1.19 bits per heavy atom. The lowest BCUT2D eigenvalue weighted by Gasteiger charge is -2.29. The molecule has 1 N–H and O–H groups in total. The van der Waals surface area contributed by atoms with Gasteiger partial charge in [0.05, 0.1) is 17.8 Å². The van der Waals surface area contributed by atoms with E-state index in [4.69, 9.17) is 9.84 Å². The minimum absolute atomic E-state index is 0.0890. The molecule has 2 aromatic rings. The number of ether oxygens (including phenoxy) is 1. The number of rotatable bonds is 2. The van der Waals surface area contributed by atoms with Crippen LogP contribution in [0.4, 0.5) is 5.69 Å². The summed E-state index contributed by atoms with van der Waals surface area (Å²) in [7, 11) is 0. The van der Waals surface area contributed by atoms with E-state index >= 15 is 0 Å². The van der Waals surface area contributed by atoms with Crippen molar-refractivity contribution >= 4 is 17.6 Å². The lowest BCUT2D eigenvalue weighted by atomic mass is 10.2. The molecule has 0 saturated heterocycles. The molecule has 6 heteroatoms. The van der Waals surface area contributed by atoms with Gasteiger partial charge in [-0.1, -0.05) is 12.1 Å². The molecule has 1 aromatic heterocycles. The predicted molar refractivity (Wildman–Crippen MR) is 74.8 cm³/mol. The van der Waals surface area contributed by atoms with E-state index in [1.807, 2.05) is 18.2 Å². The summed E-state index contributed by atoms with van der Waals surface area (Å²) in [5.74, 6) is -0.687. The topological polar surface area (TPSA) is 79.7 Å². The minimum Gasteiger partial charge on any atom is -0.490 e. The summed E-state index contributed by atoms with van der Waals surface area (Å²) < 4.78 is 5.50. The van der Waals surface area contributed by atoms with Gasteiger partial charge in [0.1, 0.15) is 18.1 Å². The van der Waals surface area contributed by atoms with Gasteiger partial charge in [-0.3, -0.25) is 4.79 Å². The number of aromatic nitrogens is 1. The summed E-state index contributed by atoms with van der Waals surface area (Å²) in [4.78, 5) is 28.7. The fraction of sp³-hybridized carbons (Fsp3) is 0.133. The number of aromatic carboxylic acids is 1. The highest BCUT2D eigenvalue weighted by Crippen LogP contribution is 2.31. The molecule has 1 aromatic carbocycles.